The second-order valence-corrected chi connectivity index (χ2v) is 10.8. The highest BCUT2D eigenvalue weighted by Crippen LogP contribution is 2.66. The van der Waals surface area contributed by atoms with E-state index < -0.39 is 0 Å². The standard InChI is InChI=1S/C24H40N2O2/c1-16-14-18-19-6-7-22(27)24(19,3)11-9-20(18)23(2)10-8-17(15-21(16)23)26-28-13-5-12-25-4/h16,18-21,25H,5-15H2,1-4H3/b26-17+/t16-,18-,19-,20-,21+,23+,24-/m0/s1. The van der Waals surface area contributed by atoms with Gasteiger partial charge in [0.2, 0.25) is 0 Å². The lowest BCUT2D eigenvalue weighted by molar-refractivity contribution is -0.141. The summed E-state index contributed by atoms with van der Waals surface area (Å²) in [5.41, 5.74) is 1.70. The van der Waals surface area contributed by atoms with Crippen molar-refractivity contribution in [3.63, 3.8) is 0 Å². The van der Waals surface area contributed by atoms with E-state index in [1.165, 1.54) is 25.0 Å². The highest BCUT2D eigenvalue weighted by atomic mass is 16.6. The van der Waals surface area contributed by atoms with E-state index in [0.717, 1.165) is 68.7 Å². The number of ketones is 1. The minimum absolute atomic E-state index is 0.00739. The van der Waals surface area contributed by atoms with Gasteiger partial charge in [0.1, 0.15) is 12.4 Å². The van der Waals surface area contributed by atoms with E-state index in [4.69, 9.17) is 4.84 Å². The van der Waals surface area contributed by atoms with Gasteiger partial charge in [0.05, 0.1) is 5.71 Å². The van der Waals surface area contributed by atoms with E-state index >= 15 is 0 Å². The fourth-order valence-electron chi connectivity index (χ4n) is 7.83. The monoisotopic (exact) mass is 388 g/mol. The SMILES string of the molecule is CNCCCO/N=C1\CC[C@@]2(C)[C@H](C1)[C@@H](C)C[C@@H]1[C@@H]2CC[C@]2(C)C(=O)CC[C@@H]12. The Balaban J connectivity index is 1.47. The van der Waals surface area contributed by atoms with Gasteiger partial charge in [-0.05, 0) is 100.0 Å². The molecule has 0 saturated heterocycles. The molecule has 0 aromatic heterocycles. The van der Waals surface area contributed by atoms with Crippen LogP contribution >= 0.6 is 0 Å². The summed E-state index contributed by atoms with van der Waals surface area (Å²) in [4.78, 5) is 18.2. The van der Waals surface area contributed by atoms with Crippen LogP contribution in [0.2, 0.25) is 0 Å². The smallest absolute Gasteiger partial charge is 0.139 e. The van der Waals surface area contributed by atoms with Crippen molar-refractivity contribution in [2.45, 2.75) is 78.6 Å². The van der Waals surface area contributed by atoms with Gasteiger partial charge in [0.15, 0.2) is 0 Å². The minimum atomic E-state index is -0.00739. The van der Waals surface area contributed by atoms with Crippen LogP contribution in [0.3, 0.4) is 0 Å². The molecule has 28 heavy (non-hydrogen) atoms. The Morgan fingerprint density at radius 3 is 2.75 bits per heavy atom. The predicted molar refractivity (Wildman–Crippen MR) is 113 cm³/mol. The zero-order valence-electron chi connectivity index (χ0n) is 18.4. The van der Waals surface area contributed by atoms with E-state index in [1.54, 1.807) is 0 Å². The zero-order valence-corrected chi connectivity index (χ0v) is 18.4. The van der Waals surface area contributed by atoms with Crippen molar-refractivity contribution >= 4 is 11.5 Å². The average Bonchev–Trinajstić information content (AvgIpc) is 2.98. The van der Waals surface area contributed by atoms with Gasteiger partial charge >= 0.3 is 0 Å². The van der Waals surface area contributed by atoms with Crippen LogP contribution in [-0.4, -0.2) is 31.7 Å². The van der Waals surface area contributed by atoms with Crippen LogP contribution in [0, 0.1) is 40.4 Å². The number of rotatable bonds is 5. The summed E-state index contributed by atoms with van der Waals surface area (Å²) < 4.78 is 0. The average molecular weight is 389 g/mol. The molecular weight excluding hydrogens is 348 g/mol. The molecule has 0 bridgehead atoms. The largest absolute Gasteiger partial charge is 0.396 e. The first-order valence-corrected chi connectivity index (χ1v) is 11.8. The number of carbonyl (C=O) groups excluding carboxylic acids is 1. The number of fused-ring (bicyclic) bond motifs is 5. The van der Waals surface area contributed by atoms with Crippen LogP contribution in [0.25, 0.3) is 0 Å². The van der Waals surface area contributed by atoms with Gasteiger partial charge in [-0.2, -0.15) is 0 Å². The molecule has 0 amide bonds. The van der Waals surface area contributed by atoms with Crippen LogP contribution in [-0.2, 0) is 9.63 Å². The van der Waals surface area contributed by atoms with Crippen molar-refractivity contribution < 1.29 is 9.63 Å². The molecule has 4 nitrogen and oxygen atoms in total. The normalized spacial score (nSPS) is 46.8. The van der Waals surface area contributed by atoms with E-state index in [-0.39, 0.29) is 5.41 Å². The zero-order chi connectivity index (χ0) is 19.9. The molecule has 4 rings (SSSR count). The van der Waals surface area contributed by atoms with E-state index in [0.29, 0.717) is 23.7 Å². The Hall–Kier alpha value is -0.900. The second kappa shape index (κ2) is 7.74. The van der Waals surface area contributed by atoms with Gasteiger partial charge in [0.25, 0.3) is 0 Å². The lowest BCUT2D eigenvalue weighted by atomic mass is 9.43. The molecule has 0 aliphatic heterocycles. The first-order chi connectivity index (χ1) is 13.4. The Bertz CT molecular complexity index is 632. The number of nitrogens with one attached hydrogen (secondary N) is 1. The molecule has 0 unspecified atom stereocenters. The van der Waals surface area contributed by atoms with Crippen LogP contribution in [0.1, 0.15) is 78.6 Å². The second-order valence-electron chi connectivity index (χ2n) is 10.8. The van der Waals surface area contributed by atoms with Crippen LogP contribution in [0.15, 0.2) is 5.16 Å². The highest BCUT2D eigenvalue weighted by Gasteiger charge is 2.61. The summed E-state index contributed by atoms with van der Waals surface area (Å²) in [6, 6.07) is 0. The molecule has 0 heterocycles. The van der Waals surface area contributed by atoms with Crippen molar-refractivity contribution in [1.82, 2.24) is 5.32 Å². The van der Waals surface area contributed by atoms with Gasteiger partial charge in [-0.1, -0.05) is 25.9 Å². The lowest BCUT2D eigenvalue weighted by Crippen LogP contribution is -2.56. The van der Waals surface area contributed by atoms with Gasteiger partial charge < -0.3 is 10.2 Å². The molecule has 4 aliphatic rings. The topological polar surface area (TPSA) is 50.7 Å². The fraction of sp³-hybridized carbons (Fsp3) is 0.917. The molecule has 4 aliphatic carbocycles. The van der Waals surface area contributed by atoms with Crippen LogP contribution in [0.4, 0.5) is 0 Å². The summed E-state index contributed by atoms with van der Waals surface area (Å²) in [6.45, 7) is 9.03. The summed E-state index contributed by atoms with van der Waals surface area (Å²) in [5.74, 6) is 4.21. The fourth-order valence-corrected chi connectivity index (χ4v) is 7.83. The molecule has 4 fully saturated rings. The van der Waals surface area contributed by atoms with Gasteiger partial charge in [-0.15, -0.1) is 0 Å². The van der Waals surface area contributed by atoms with Crippen molar-refractivity contribution in [3.8, 4) is 0 Å². The summed E-state index contributed by atoms with van der Waals surface area (Å²) in [5, 5.41) is 7.69. The van der Waals surface area contributed by atoms with Crippen molar-refractivity contribution in [2.75, 3.05) is 20.2 Å². The first-order valence-electron chi connectivity index (χ1n) is 11.8. The number of nitrogens with zero attached hydrogens (tertiary/aromatic N) is 1. The van der Waals surface area contributed by atoms with E-state index in [9.17, 15) is 4.79 Å². The third-order valence-electron chi connectivity index (χ3n) is 9.43. The van der Waals surface area contributed by atoms with Crippen molar-refractivity contribution in [1.29, 1.82) is 0 Å². The Labute approximate surface area is 171 Å². The minimum Gasteiger partial charge on any atom is -0.396 e. The molecule has 4 heteroatoms. The molecular formula is C24H40N2O2. The summed E-state index contributed by atoms with van der Waals surface area (Å²) in [6.07, 6.45) is 10.2. The number of oxime groups is 1. The first kappa shape index (κ1) is 20.4. The Morgan fingerprint density at radius 2 is 1.96 bits per heavy atom. The van der Waals surface area contributed by atoms with Crippen LogP contribution in [0.5, 0.6) is 0 Å². The van der Waals surface area contributed by atoms with Gasteiger partial charge in [0, 0.05) is 11.8 Å². The maximum Gasteiger partial charge on any atom is 0.139 e. The van der Waals surface area contributed by atoms with Gasteiger partial charge in [-0.25, -0.2) is 0 Å². The summed E-state index contributed by atoms with van der Waals surface area (Å²) in [7, 11) is 1.97. The molecule has 7 atom stereocenters. The molecule has 1 N–H and O–H groups in total. The number of hydrogen-bond donors (Lipinski definition) is 1. The van der Waals surface area contributed by atoms with Crippen molar-refractivity contribution in [3.05, 3.63) is 0 Å². The number of hydrogen-bond acceptors (Lipinski definition) is 4. The third-order valence-corrected chi connectivity index (χ3v) is 9.43. The quantitative estimate of drug-likeness (QED) is 0.542. The summed E-state index contributed by atoms with van der Waals surface area (Å²) >= 11 is 0. The number of carbonyl (C=O) groups is 1. The molecule has 0 spiro atoms. The van der Waals surface area contributed by atoms with Crippen LogP contribution < -0.4 is 5.32 Å². The maximum absolute atomic E-state index is 12.6. The molecule has 158 valence electrons. The van der Waals surface area contributed by atoms with E-state index in [2.05, 4.69) is 31.2 Å². The third kappa shape index (κ3) is 3.24. The predicted octanol–water partition coefficient (Wildman–Crippen LogP) is 4.83. The van der Waals surface area contributed by atoms with Crippen molar-refractivity contribution in [2.24, 2.45) is 45.6 Å². The molecule has 0 radical (unpaired) electrons. The number of Topliss-reactive ketones (excluding diaryl/α,β-unsaturated/α-hetero) is 1. The maximum atomic E-state index is 12.6. The lowest BCUT2D eigenvalue weighted by Gasteiger charge is -2.61. The highest BCUT2D eigenvalue weighted by molar-refractivity contribution is 5.87. The molecule has 4 saturated carbocycles. The van der Waals surface area contributed by atoms with E-state index in [1.807, 2.05) is 7.05 Å². The van der Waals surface area contributed by atoms with Gasteiger partial charge in [-0.3, -0.25) is 4.79 Å². The Kier molecular flexibility index (Phi) is 5.63. The molecule has 0 aromatic carbocycles. The Morgan fingerprint density at radius 1 is 1.14 bits per heavy atom. The molecule has 0 aromatic rings.